The number of nitrogens with one attached hydrogen (secondary N) is 4. The zero-order valence-corrected chi connectivity index (χ0v) is 49.9. The Labute approximate surface area is 519 Å². The average molecular weight is 1270 g/mol. The van der Waals surface area contributed by atoms with Crippen LogP contribution < -0.4 is 30.7 Å². The number of unbranched alkanes of at least 4 members (excludes halogenated alkanes) is 2. The van der Waals surface area contributed by atoms with Gasteiger partial charge in [0.05, 0.1) is 94.1 Å². The Morgan fingerprint density at radius 2 is 1.07 bits per heavy atom. The number of carbonyl (C=O) groups excluding carboxylic acids is 4. The number of ether oxygens (including phenoxy) is 2. The molecule has 2 aromatic carbocycles. The second-order valence-corrected chi connectivity index (χ2v) is 21.7. The molecule has 0 radical (unpaired) electrons. The van der Waals surface area contributed by atoms with Gasteiger partial charge in [-0.3, -0.25) is 57.5 Å². The van der Waals surface area contributed by atoms with E-state index in [9.17, 15) is 58.2 Å². The molecule has 32 nitrogen and oxygen atoms in total. The van der Waals surface area contributed by atoms with Gasteiger partial charge in [-0.1, -0.05) is 46.5 Å². The summed E-state index contributed by atoms with van der Waals surface area (Å²) in [6.07, 6.45) is 8.46. The van der Waals surface area contributed by atoms with Gasteiger partial charge in [0, 0.05) is 55.9 Å². The molecule has 4 amide bonds. The molecule has 90 heavy (non-hydrogen) atoms. The van der Waals surface area contributed by atoms with Crippen LogP contribution in [0.25, 0.3) is 17.0 Å². The summed E-state index contributed by atoms with van der Waals surface area (Å²) in [6, 6.07) is 15.5. The van der Waals surface area contributed by atoms with Gasteiger partial charge in [-0.05, 0) is 74.8 Å². The van der Waals surface area contributed by atoms with Crippen LogP contribution in [0.2, 0.25) is 0 Å². The van der Waals surface area contributed by atoms with Gasteiger partial charge in [0.2, 0.25) is 17.3 Å². The van der Waals surface area contributed by atoms with E-state index in [4.69, 9.17) is 29.9 Å². The smallest absolute Gasteiger partial charge is 0.407 e. The summed E-state index contributed by atoms with van der Waals surface area (Å²) < 4.78 is 16.0. The highest BCUT2D eigenvalue weighted by atomic mass is 32.2. The number of carboxylic acids is 6. The monoisotopic (exact) mass is 1270 g/mol. The van der Waals surface area contributed by atoms with Gasteiger partial charge in [0.25, 0.3) is 0 Å². The van der Waals surface area contributed by atoms with Crippen molar-refractivity contribution in [1.29, 1.82) is 0 Å². The van der Waals surface area contributed by atoms with Crippen LogP contribution >= 0.6 is 11.8 Å². The molecule has 0 saturated carbocycles. The molecule has 10 N–H and O–H groups in total. The molecular weight excluding hydrogens is 1200 g/mol. The Bertz CT molecular complexity index is 3310. The number of anilines is 1. The third-order valence-corrected chi connectivity index (χ3v) is 14.9. The number of hydrogen-bond acceptors (Lipinski definition) is 20. The molecule has 3 aromatic heterocycles. The molecule has 0 spiro atoms. The molecule has 1 aliphatic heterocycles. The van der Waals surface area contributed by atoms with Crippen LogP contribution in [0.15, 0.2) is 83.1 Å². The lowest BCUT2D eigenvalue weighted by Crippen LogP contribution is -2.46. The minimum Gasteiger partial charge on any atom is -0.480 e. The maximum Gasteiger partial charge on any atom is 0.407 e. The fraction of sp³-hybridized carbons (Fsp3) is 0.456. The van der Waals surface area contributed by atoms with E-state index in [-0.39, 0.29) is 90.0 Å². The number of pyridine rings is 1. The quantitative estimate of drug-likeness (QED) is 0.0198. The number of hydrogen-bond donors (Lipinski definition) is 10. The Balaban J connectivity index is 0.868. The fourth-order valence-electron chi connectivity index (χ4n) is 9.59. The molecule has 484 valence electrons. The number of amides is 4. The van der Waals surface area contributed by atoms with Crippen molar-refractivity contribution in [3.63, 3.8) is 0 Å². The Kier molecular flexibility index (Phi) is 27.7. The molecule has 0 aliphatic carbocycles. The van der Waals surface area contributed by atoms with Crippen LogP contribution in [0, 0.1) is 0 Å². The van der Waals surface area contributed by atoms with Crippen molar-refractivity contribution in [3.05, 3.63) is 95.2 Å². The first-order valence-corrected chi connectivity index (χ1v) is 29.6. The Hall–Kier alpha value is -9.76. The van der Waals surface area contributed by atoms with Crippen molar-refractivity contribution < 1.29 is 92.6 Å². The van der Waals surface area contributed by atoms with E-state index in [2.05, 4.69) is 63.5 Å². The minimum atomic E-state index is -1.35. The fourth-order valence-corrected chi connectivity index (χ4v) is 10.7. The van der Waals surface area contributed by atoms with Crippen LogP contribution in [0.1, 0.15) is 81.2 Å². The molecule has 0 bridgehead atoms. The number of aromatic nitrogens is 7. The van der Waals surface area contributed by atoms with Gasteiger partial charge in [-0.2, -0.15) is 4.57 Å². The topological polar surface area (TPSA) is 434 Å². The zero-order chi connectivity index (χ0) is 65.0. The maximum absolute atomic E-state index is 12.7. The normalized spacial score (nSPS) is 13.0. The van der Waals surface area contributed by atoms with Crippen molar-refractivity contribution in [2.75, 3.05) is 63.9 Å². The first kappa shape index (κ1) is 69.3. The number of thioether (sulfide) groups is 1. The lowest BCUT2D eigenvalue weighted by Gasteiger charge is -2.25. The van der Waals surface area contributed by atoms with Gasteiger partial charge in [0.1, 0.15) is 23.5 Å². The number of alkyl carbamates (subject to hydrolysis) is 2. The minimum absolute atomic E-state index is 0.00901. The summed E-state index contributed by atoms with van der Waals surface area (Å²) in [7, 11) is 0. The average Bonchev–Trinajstić information content (AvgIpc) is 1.56. The molecule has 2 atom stereocenters. The van der Waals surface area contributed by atoms with Crippen molar-refractivity contribution in [1.82, 2.24) is 61.1 Å². The van der Waals surface area contributed by atoms with Gasteiger partial charge >= 0.3 is 48.0 Å². The summed E-state index contributed by atoms with van der Waals surface area (Å²) in [5.41, 5.74) is 3.86. The Morgan fingerprint density at radius 3 is 1.58 bits per heavy atom. The Morgan fingerprint density at radius 1 is 0.578 bits per heavy atom. The van der Waals surface area contributed by atoms with Crippen LogP contribution in [0.3, 0.4) is 0 Å². The van der Waals surface area contributed by atoms with Gasteiger partial charge in [0.15, 0.2) is 12.7 Å². The third-order valence-electron chi connectivity index (χ3n) is 13.8. The second-order valence-electron chi connectivity index (χ2n) is 20.6. The lowest BCUT2D eigenvalue weighted by atomic mass is 10.1. The first-order chi connectivity index (χ1) is 43.2. The van der Waals surface area contributed by atoms with Gasteiger partial charge < -0.3 is 66.3 Å². The maximum atomic E-state index is 12.7. The molecule has 33 heteroatoms. The van der Waals surface area contributed by atoms with E-state index in [1.165, 1.54) is 9.36 Å². The molecule has 6 rings (SSSR count). The predicted octanol–water partition coefficient (Wildman–Crippen LogP) is 2.06. The van der Waals surface area contributed by atoms with Crippen molar-refractivity contribution >= 4 is 94.2 Å². The summed E-state index contributed by atoms with van der Waals surface area (Å²) in [4.78, 5) is 123. The number of rotatable bonds is 41. The molecule has 1 aliphatic rings. The van der Waals surface area contributed by atoms with Gasteiger partial charge in [-0.25, -0.2) is 9.59 Å². The number of benzene rings is 2. The number of fused-ring (bicyclic) bond motifs is 2. The highest BCUT2D eigenvalue weighted by Gasteiger charge is 2.31. The van der Waals surface area contributed by atoms with E-state index < -0.39 is 86.3 Å². The number of carboxylic acid groups (broad SMARTS) is 6. The van der Waals surface area contributed by atoms with Crippen LogP contribution in [-0.4, -0.2) is 201 Å². The van der Waals surface area contributed by atoms with Crippen LogP contribution in [0.5, 0.6) is 0 Å². The summed E-state index contributed by atoms with van der Waals surface area (Å²) >= 11 is 1.64. The van der Waals surface area contributed by atoms with E-state index in [0.29, 0.717) is 63.0 Å². The van der Waals surface area contributed by atoms with Crippen LogP contribution in [0.4, 0.5) is 15.3 Å². The van der Waals surface area contributed by atoms with Crippen molar-refractivity contribution in [2.24, 2.45) is 0 Å². The molecule has 5 aromatic rings. The molecule has 4 heterocycles. The van der Waals surface area contributed by atoms with E-state index in [0.717, 1.165) is 41.9 Å². The molecule has 0 fully saturated rings. The summed E-state index contributed by atoms with van der Waals surface area (Å²) in [5.74, 6) is -8.68. The largest absolute Gasteiger partial charge is 0.480 e. The van der Waals surface area contributed by atoms with E-state index in [1.807, 2.05) is 54.7 Å². The van der Waals surface area contributed by atoms with E-state index >= 15 is 0 Å². The highest BCUT2D eigenvalue weighted by molar-refractivity contribution is 8.03. The van der Waals surface area contributed by atoms with Crippen molar-refractivity contribution in [2.45, 2.75) is 114 Å². The van der Waals surface area contributed by atoms with Crippen LogP contribution in [-0.2, 0) is 80.6 Å². The molecular formula is C57H73N14O18S+. The number of para-hydroxylation sites is 2. The van der Waals surface area contributed by atoms with Crippen molar-refractivity contribution in [3.8, 4) is 0 Å². The lowest BCUT2D eigenvalue weighted by molar-refractivity contribution is -0.672. The number of aryl methyl sites for hydroxylation is 3. The second kappa shape index (κ2) is 35.9. The zero-order valence-electron chi connectivity index (χ0n) is 49.1. The van der Waals surface area contributed by atoms with E-state index in [1.54, 1.807) is 24.2 Å². The molecule has 2 unspecified atom stereocenters. The number of carbonyl (C=O) groups is 10. The highest BCUT2D eigenvalue weighted by Crippen LogP contribution is 2.46. The summed E-state index contributed by atoms with van der Waals surface area (Å²) in [6.45, 7) is -0.743. The SMILES string of the molecule is O=C(O)CN(CC(=O)O)C(CCCCNC(=O)CCn1cc(CNC(=O)OCCCN2C(=Cc3cc[n+](CCCOC(=O)NCc4cn(CCC(=O)NCCCCC(C(=O)O)N(CC(=O)O)CC(=O)O)nn4)c4ccccc34)Sc3ccccc32)nn1)C(=O)O. The third kappa shape index (κ3) is 23.4. The standard InChI is InChI=1S/C57H72N14O18S/c72-47(58-20-7-5-14-44(54(82)83)67(34-50(74)75)35-51(76)77)18-25-69-32-39(62-64-69)30-60-56(86)88-27-9-22-66-24-17-38(41-11-1-2-12-42(41)66)29-49-71(43-13-3-4-16-46(43)90-49)23-10-28-89-57(87)61-31-40-33-70(65-63-40)26-19-48(73)59-21-8-6-15-45(55(84)85)68(36-52(78)79)37-53(80)81/h1-4,11-13,16-17,24,29,32-33,44-45H,5-10,14-15,18-23,25-28,30-31,34-37H2,(H9-,58,59,60,61,72,73,74,75,76,77,78,79,80,81,82,83,84,85,86,87)/p+1. The van der Waals surface area contributed by atoms with Gasteiger partial charge in [-0.15, -0.1) is 10.2 Å². The predicted molar refractivity (Wildman–Crippen MR) is 317 cm³/mol. The number of nitrogens with zero attached hydrogens (tertiary/aromatic N) is 10. The summed E-state index contributed by atoms with van der Waals surface area (Å²) in [5, 5.41) is 84.3. The number of aliphatic carboxylic acids is 6. The first-order valence-electron chi connectivity index (χ1n) is 28.8. The molecule has 0 saturated heterocycles.